The van der Waals surface area contributed by atoms with Crippen LogP contribution in [0.4, 0.5) is 0 Å². The molecule has 0 unspecified atom stereocenters. The number of nitrogens with zero attached hydrogens (tertiary/aromatic N) is 1. The zero-order valence-corrected chi connectivity index (χ0v) is 18.9. The number of aliphatic imine (C=N–C) groups is 1. The topological polar surface area (TPSA) is 12.4 Å². The minimum atomic E-state index is 0.541. The predicted molar refractivity (Wildman–Crippen MR) is 133 cm³/mol. The molecule has 1 heterocycles. The summed E-state index contributed by atoms with van der Waals surface area (Å²) in [6.07, 6.45) is 5.51. The lowest BCUT2D eigenvalue weighted by Crippen LogP contribution is -2.05. The number of benzene rings is 3. The van der Waals surface area contributed by atoms with Gasteiger partial charge in [-0.15, -0.1) is 0 Å². The van der Waals surface area contributed by atoms with Crippen molar-refractivity contribution in [3.05, 3.63) is 82.1 Å². The van der Waals surface area contributed by atoms with Crippen LogP contribution in [0.5, 0.6) is 0 Å². The number of hydrogen-bond acceptors (Lipinski definition) is 1. The summed E-state index contributed by atoms with van der Waals surface area (Å²) in [4.78, 5) is 4.95. The van der Waals surface area contributed by atoms with Crippen molar-refractivity contribution in [2.45, 2.75) is 47.0 Å². The molecule has 0 amide bonds. The van der Waals surface area contributed by atoms with Gasteiger partial charge in [-0.3, -0.25) is 4.99 Å². The zero-order chi connectivity index (χ0) is 21.3. The van der Waals surface area contributed by atoms with Gasteiger partial charge in [-0.05, 0) is 74.0 Å². The fourth-order valence-electron chi connectivity index (χ4n) is 5.44. The van der Waals surface area contributed by atoms with E-state index in [0.29, 0.717) is 11.8 Å². The molecule has 31 heavy (non-hydrogen) atoms. The standard InChI is InChI=1S/C30H29N/c1-17(2)23-13-22-6-5-21-11-19(7-9-25(21)27(22)14-23)20-8-10-26-24(12-20)15-30-28(26)16-29(31-30)18(3)4/h5-13,17-18H,14-16H2,1-4H3. The second-order valence-corrected chi connectivity index (χ2v) is 10.0. The monoisotopic (exact) mass is 403 g/mol. The normalized spacial score (nSPS) is 16.8. The van der Waals surface area contributed by atoms with Crippen molar-refractivity contribution in [3.8, 4) is 11.1 Å². The van der Waals surface area contributed by atoms with Crippen LogP contribution in [0.25, 0.3) is 33.5 Å². The van der Waals surface area contributed by atoms with Gasteiger partial charge >= 0.3 is 0 Å². The summed E-state index contributed by atoms with van der Waals surface area (Å²) in [5.41, 5.74) is 14.1. The number of fused-ring (bicyclic) bond motifs is 5. The van der Waals surface area contributed by atoms with Gasteiger partial charge in [0.15, 0.2) is 0 Å². The molecule has 0 atom stereocenters. The first-order valence-corrected chi connectivity index (χ1v) is 11.7. The molecule has 2 aliphatic carbocycles. The minimum absolute atomic E-state index is 0.541. The van der Waals surface area contributed by atoms with Gasteiger partial charge in [-0.2, -0.15) is 0 Å². The van der Waals surface area contributed by atoms with Gasteiger partial charge < -0.3 is 0 Å². The first-order valence-electron chi connectivity index (χ1n) is 11.7. The van der Waals surface area contributed by atoms with E-state index in [1.54, 1.807) is 5.57 Å². The highest BCUT2D eigenvalue weighted by atomic mass is 14.8. The van der Waals surface area contributed by atoms with E-state index in [9.17, 15) is 0 Å². The van der Waals surface area contributed by atoms with Crippen LogP contribution < -0.4 is 0 Å². The van der Waals surface area contributed by atoms with Crippen molar-refractivity contribution in [2.24, 2.45) is 16.8 Å². The fourth-order valence-corrected chi connectivity index (χ4v) is 5.44. The van der Waals surface area contributed by atoms with Crippen molar-refractivity contribution < 1.29 is 0 Å². The fraction of sp³-hybridized carbons (Fsp3) is 0.300. The molecule has 0 saturated heterocycles. The molecule has 0 N–H and O–H groups in total. The maximum atomic E-state index is 4.95. The average Bonchev–Trinajstić information content (AvgIpc) is 3.45. The van der Waals surface area contributed by atoms with E-state index in [1.165, 1.54) is 61.1 Å². The molecule has 6 rings (SSSR count). The third-order valence-electron chi connectivity index (χ3n) is 7.40. The third-order valence-corrected chi connectivity index (χ3v) is 7.40. The SMILES string of the molecule is CC(C)C1=Cc2ccc3cc(-c4ccc5c(c4)CC4=C5CC(C(C)C)=N4)ccc3c2C1. The molecule has 0 bridgehead atoms. The summed E-state index contributed by atoms with van der Waals surface area (Å²) in [5.74, 6) is 1.16. The Labute approximate surface area is 185 Å². The molecule has 1 aliphatic heterocycles. The van der Waals surface area contributed by atoms with Gasteiger partial charge in [0.25, 0.3) is 0 Å². The Morgan fingerprint density at radius 1 is 0.774 bits per heavy atom. The van der Waals surface area contributed by atoms with E-state index < -0.39 is 0 Å². The van der Waals surface area contributed by atoms with Gasteiger partial charge in [0.05, 0.1) is 0 Å². The van der Waals surface area contributed by atoms with Crippen molar-refractivity contribution >= 4 is 28.1 Å². The van der Waals surface area contributed by atoms with Gasteiger partial charge in [-0.25, -0.2) is 0 Å². The molecule has 3 aromatic rings. The summed E-state index contributed by atoms with van der Waals surface area (Å²) in [6.45, 7) is 9.09. The van der Waals surface area contributed by atoms with Crippen LogP contribution >= 0.6 is 0 Å². The first-order chi connectivity index (χ1) is 15.0. The maximum Gasteiger partial charge on any atom is 0.0489 e. The Kier molecular flexibility index (Phi) is 4.12. The van der Waals surface area contributed by atoms with Gasteiger partial charge in [0, 0.05) is 24.3 Å². The third kappa shape index (κ3) is 2.94. The molecular weight excluding hydrogens is 374 g/mol. The summed E-state index contributed by atoms with van der Waals surface area (Å²) < 4.78 is 0. The quantitative estimate of drug-likeness (QED) is 0.422. The summed E-state index contributed by atoms with van der Waals surface area (Å²) in [7, 11) is 0. The molecule has 1 nitrogen and oxygen atoms in total. The minimum Gasteiger partial charge on any atom is -0.261 e. The van der Waals surface area contributed by atoms with Gasteiger partial charge in [0.1, 0.15) is 0 Å². The summed E-state index contributed by atoms with van der Waals surface area (Å²) in [6, 6.07) is 18.6. The van der Waals surface area contributed by atoms with Crippen molar-refractivity contribution in [2.75, 3.05) is 0 Å². The molecule has 0 fully saturated rings. The molecular formula is C30H29N. The molecule has 154 valence electrons. The molecule has 0 saturated carbocycles. The van der Waals surface area contributed by atoms with Crippen LogP contribution in [-0.2, 0) is 12.8 Å². The van der Waals surface area contributed by atoms with E-state index in [4.69, 9.17) is 4.99 Å². The van der Waals surface area contributed by atoms with Crippen LogP contribution in [0.2, 0.25) is 0 Å². The summed E-state index contributed by atoms with van der Waals surface area (Å²) >= 11 is 0. The second kappa shape index (κ2) is 6.79. The van der Waals surface area contributed by atoms with Crippen LogP contribution in [0.3, 0.4) is 0 Å². The lowest BCUT2D eigenvalue weighted by atomic mass is 9.92. The lowest BCUT2D eigenvalue weighted by Gasteiger charge is -2.12. The molecule has 1 heteroatoms. The van der Waals surface area contributed by atoms with Gasteiger partial charge in [0.2, 0.25) is 0 Å². The lowest BCUT2D eigenvalue weighted by molar-refractivity contribution is 0.755. The van der Waals surface area contributed by atoms with Crippen molar-refractivity contribution in [3.63, 3.8) is 0 Å². The molecule has 0 aromatic heterocycles. The smallest absolute Gasteiger partial charge is 0.0489 e. The first kappa shape index (κ1) is 18.8. The van der Waals surface area contributed by atoms with Crippen molar-refractivity contribution in [1.82, 2.24) is 0 Å². The van der Waals surface area contributed by atoms with E-state index in [1.807, 2.05) is 0 Å². The number of hydrogen-bond donors (Lipinski definition) is 0. The van der Waals surface area contributed by atoms with E-state index in [2.05, 4.69) is 82.3 Å². The van der Waals surface area contributed by atoms with E-state index in [-0.39, 0.29) is 0 Å². The maximum absolute atomic E-state index is 4.95. The Hall–Kier alpha value is -2.93. The highest BCUT2D eigenvalue weighted by Crippen LogP contribution is 2.42. The van der Waals surface area contributed by atoms with Crippen LogP contribution in [0.15, 0.2) is 64.8 Å². The van der Waals surface area contributed by atoms with E-state index in [0.717, 1.165) is 19.3 Å². The Balaban J connectivity index is 1.33. The molecule has 0 spiro atoms. The predicted octanol–water partition coefficient (Wildman–Crippen LogP) is 7.87. The van der Waals surface area contributed by atoms with Crippen molar-refractivity contribution in [1.29, 1.82) is 0 Å². The van der Waals surface area contributed by atoms with Crippen LogP contribution in [0, 0.1) is 11.8 Å². The molecule has 3 aliphatic rings. The van der Waals surface area contributed by atoms with Gasteiger partial charge in [-0.1, -0.05) is 81.8 Å². The molecule has 3 aromatic carbocycles. The van der Waals surface area contributed by atoms with E-state index >= 15 is 0 Å². The summed E-state index contributed by atoms with van der Waals surface area (Å²) in [5, 5.41) is 2.76. The average molecular weight is 404 g/mol. The highest BCUT2D eigenvalue weighted by Gasteiger charge is 2.28. The van der Waals surface area contributed by atoms with Crippen LogP contribution in [-0.4, -0.2) is 5.71 Å². The number of rotatable bonds is 3. The highest BCUT2D eigenvalue weighted by molar-refractivity contribution is 6.03. The Morgan fingerprint density at radius 2 is 1.58 bits per heavy atom. The Morgan fingerprint density at radius 3 is 2.39 bits per heavy atom. The largest absolute Gasteiger partial charge is 0.261 e. The molecule has 0 radical (unpaired) electrons. The zero-order valence-electron chi connectivity index (χ0n) is 18.9. The number of allylic oxidation sites excluding steroid dienone is 3. The Bertz CT molecular complexity index is 1340. The second-order valence-electron chi connectivity index (χ2n) is 10.0. The van der Waals surface area contributed by atoms with Crippen LogP contribution in [0.1, 0.15) is 56.4 Å².